The van der Waals surface area contributed by atoms with Crippen LogP contribution in [0.1, 0.15) is 62.9 Å². The van der Waals surface area contributed by atoms with Crippen LogP contribution in [-0.2, 0) is 12.7 Å². The fraction of sp³-hybridized carbons (Fsp3) is 0.355. The highest BCUT2D eigenvalue weighted by molar-refractivity contribution is 5.76. The molecule has 0 saturated carbocycles. The van der Waals surface area contributed by atoms with Crippen molar-refractivity contribution in [2.75, 3.05) is 13.1 Å². The molecule has 0 spiro atoms. The second-order valence-corrected chi connectivity index (χ2v) is 10.6. The molecule has 214 valence electrons. The van der Waals surface area contributed by atoms with Crippen molar-refractivity contribution in [3.05, 3.63) is 83.9 Å². The van der Waals surface area contributed by atoms with Gasteiger partial charge in [0.1, 0.15) is 5.82 Å². The first-order valence-corrected chi connectivity index (χ1v) is 13.9. The van der Waals surface area contributed by atoms with E-state index in [1.165, 1.54) is 12.0 Å². The van der Waals surface area contributed by atoms with E-state index >= 15 is 0 Å². The summed E-state index contributed by atoms with van der Waals surface area (Å²) in [7, 11) is 0. The molecule has 0 unspecified atom stereocenters. The Bertz CT molecular complexity index is 1610. The lowest BCUT2D eigenvalue weighted by Crippen LogP contribution is -2.43. The smallest absolute Gasteiger partial charge is 0.325 e. The van der Waals surface area contributed by atoms with Crippen molar-refractivity contribution >= 4 is 11.0 Å². The minimum absolute atomic E-state index is 0.0431. The molecule has 1 saturated heterocycles. The average Bonchev–Trinajstić information content (AvgIpc) is 3.53. The lowest BCUT2D eigenvalue weighted by atomic mass is 9.97. The quantitative estimate of drug-likeness (QED) is 0.239. The molecule has 5 aromatic rings. The highest BCUT2D eigenvalue weighted by Crippen LogP contribution is 2.33. The van der Waals surface area contributed by atoms with Crippen LogP contribution in [-0.4, -0.2) is 42.4 Å². The van der Waals surface area contributed by atoms with Gasteiger partial charge in [0.2, 0.25) is 0 Å². The zero-order chi connectivity index (χ0) is 29.1. The van der Waals surface area contributed by atoms with Gasteiger partial charge >= 0.3 is 6.18 Å². The van der Waals surface area contributed by atoms with Crippen LogP contribution in [0.3, 0.4) is 0 Å². The molecule has 0 amide bonds. The van der Waals surface area contributed by atoms with Gasteiger partial charge in [0.25, 0.3) is 0 Å². The number of hydrogen-bond acceptors (Lipinski definition) is 5. The van der Waals surface area contributed by atoms with Crippen molar-refractivity contribution in [1.29, 1.82) is 0 Å². The molecule has 0 bridgehead atoms. The standard InChI is InChI=1S/C28H26F3N7.C3H8/c1-17(2)22-5-3-4-6-23(22)25-33-11-20-12-34-38(27(20)36-25)15-18-7-9-19(10-8-18)26-35-24(28(29,30)31)16-37(26)21-13-32-14-21;1-3-2/h3-12,16-17,21,32H,13-15H2,1-2H3;3H2,1-2H3. The number of hydrogen-bond donors (Lipinski definition) is 1. The number of aromatic nitrogens is 6. The van der Waals surface area contributed by atoms with Crippen LogP contribution in [0.25, 0.3) is 33.8 Å². The van der Waals surface area contributed by atoms with E-state index in [9.17, 15) is 13.2 Å². The summed E-state index contributed by atoms with van der Waals surface area (Å²) in [6, 6.07) is 15.5. The molecule has 6 rings (SSSR count). The Morgan fingerprint density at radius 1 is 0.976 bits per heavy atom. The van der Waals surface area contributed by atoms with E-state index in [4.69, 9.17) is 4.98 Å². The van der Waals surface area contributed by atoms with Gasteiger partial charge in [-0.15, -0.1) is 0 Å². The molecule has 0 radical (unpaired) electrons. The third-order valence-electron chi connectivity index (χ3n) is 6.92. The number of nitrogens with one attached hydrogen (secondary N) is 1. The van der Waals surface area contributed by atoms with Gasteiger partial charge in [-0.1, -0.05) is 82.6 Å². The maximum absolute atomic E-state index is 13.4. The normalized spacial score (nSPS) is 13.8. The predicted molar refractivity (Wildman–Crippen MR) is 154 cm³/mol. The third kappa shape index (κ3) is 6.02. The summed E-state index contributed by atoms with van der Waals surface area (Å²) < 4.78 is 43.6. The second kappa shape index (κ2) is 11.8. The van der Waals surface area contributed by atoms with Gasteiger partial charge in [0.05, 0.1) is 24.2 Å². The Balaban J connectivity index is 0.00000108. The Morgan fingerprint density at radius 2 is 1.68 bits per heavy atom. The molecule has 1 fully saturated rings. The van der Waals surface area contributed by atoms with Crippen molar-refractivity contribution < 1.29 is 13.2 Å². The fourth-order valence-corrected chi connectivity index (χ4v) is 4.74. The predicted octanol–water partition coefficient (Wildman–Crippen LogP) is 7.11. The highest BCUT2D eigenvalue weighted by Gasteiger charge is 2.36. The Labute approximate surface area is 237 Å². The maximum Gasteiger partial charge on any atom is 0.434 e. The van der Waals surface area contributed by atoms with Gasteiger partial charge < -0.3 is 9.88 Å². The SMILES string of the molecule is CC(C)c1ccccc1-c1ncc2cnn(Cc3ccc(-c4nc(C(F)(F)F)cn4C4CNC4)cc3)c2n1.CCC. The van der Waals surface area contributed by atoms with Crippen molar-refractivity contribution in [2.45, 2.75) is 58.8 Å². The molecular weight excluding hydrogens is 527 g/mol. The fourth-order valence-electron chi connectivity index (χ4n) is 4.74. The van der Waals surface area contributed by atoms with Gasteiger partial charge in [0, 0.05) is 36.6 Å². The number of alkyl halides is 3. The summed E-state index contributed by atoms with van der Waals surface area (Å²) in [6.45, 7) is 10.2. The van der Waals surface area contributed by atoms with E-state index < -0.39 is 11.9 Å². The summed E-state index contributed by atoms with van der Waals surface area (Å²) in [6.07, 6.45) is 1.40. The molecule has 2 aromatic carbocycles. The van der Waals surface area contributed by atoms with E-state index in [0.29, 0.717) is 42.8 Å². The van der Waals surface area contributed by atoms with Gasteiger partial charge in [-0.25, -0.2) is 19.6 Å². The van der Waals surface area contributed by atoms with Crippen LogP contribution in [0.2, 0.25) is 0 Å². The molecule has 7 nitrogen and oxygen atoms in total. The molecule has 4 heterocycles. The number of nitrogens with zero attached hydrogens (tertiary/aromatic N) is 6. The zero-order valence-electron chi connectivity index (χ0n) is 23.7. The average molecular weight is 562 g/mol. The van der Waals surface area contributed by atoms with Crippen molar-refractivity contribution in [1.82, 2.24) is 34.6 Å². The zero-order valence-corrected chi connectivity index (χ0v) is 23.7. The van der Waals surface area contributed by atoms with E-state index in [0.717, 1.165) is 28.4 Å². The van der Waals surface area contributed by atoms with Crippen LogP contribution in [0.15, 0.2) is 67.1 Å². The number of rotatable bonds is 6. The summed E-state index contributed by atoms with van der Waals surface area (Å²) >= 11 is 0. The molecular formula is C31H34F3N7. The number of fused-ring (bicyclic) bond motifs is 1. The van der Waals surface area contributed by atoms with E-state index in [1.807, 2.05) is 47.1 Å². The van der Waals surface area contributed by atoms with Crippen LogP contribution in [0, 0.1) is 0 Å². The van der Waals surface area contributed by atoms with Crippen molar-refractivity contribution in [2.24, 2.45) is 0 Å². The minimum atomic E-state index is -4.49. The van der Waals surface area contributed by atoms with Crippen molar-refractivity contribution in [3.8, 4) is 22.8 Å². The summed E-state index contributed by atoms with van der Waals surface area (Å²) in [5.74, 6) is 1.30. The summed E-state index contributed by atoms with van der Waals surface area (Å²) in [5.41, 5.74) is 3.61. The molecule has 10 heteroatoms. The van der Waals surface area contributed by atoms with E-state index in [1.54, 1.807) is 17.0 Å². The minimum Gasteiger partial charge on any atom is -0.325 e. The molecule has 0 aliphatic carbocycles. The Hall–Kier alpha value is -4.05. The van der Waals surface area contributed by atoms with E-state index in [2.05, 4.69) is 54.1 Å². The van der Waals surface area contributed by atoms with E-state index in [-0.39, 0.29) is 6.04 Å². The third-order valence-corrected chi connectivity index (χ3v) is 6.92. The lowest BCUT2D eigenvalue weighted by molar-refractivity contribution is -0.140. The first kappa shape index (κ1) is 28.5. The molecule has 1 aliphatic rings. The van der Waals surface area contributed by atoms with Crippen LogP contribution >= 0.6 is 0 Å². The maximum atomic E-state index is 13.4. The summed E-state index contributed by atoms with van der Waals surface area (Å²) in [4.78, 5) is 13.4. The molecule has 3 aromatic heterocycles. The van der Waals surface area contributed by atoms with Crippen LogP contribution in [0.5, 0.6) is 0 Å². The molecule has 1 N–H and O–H groups in total. The number of benzene rings is 2. The molecule has 0 atom stereocenters. The largest absolute Gasteiger partial charge is 0.434 e. The lowest BCUT2D eigenvalue weighted by Gasteiger charge is -2.29. The van der Waals surface area contributed by atoms with Crippen LogP contribution in [0.4, 0.5) is 13.2 Å². The Kier molecular flexibility index (Phi) is 8.21. The van der Waals surface area contributed by atoms with Crippen molar-refractivity contribution in [3.63, 3.8) is 0 Å². The van der Waals surface area contributed by atoms with Crippen LogP contribution < -0.4 is 5.32 Å². The molecule has 1 aliphatic heterocycles. The topological polar surface area (TPSA) is 73.5 Å². The Morgan fingerprint density at radius 3 is 2.32 bits per heavy atom. The first-order chi connectivity index (χ1) is 19.7. The number of imidazole rings is 1. The van der Waals surface area contributed by atoms with Gasteiger partial charge in [-0.3, -0.25) is 0 Å². The van der Waals surface area contributed by atoms with Gasteiger partial charge in [-0.05, 0) is 17.0 Å². The second-order valence-electron chi connectivity index (χ2n) is 10.6. The number of halogens is 3. The highest BCUT2D eigenvalue weighted by atomic mass is 19.4. The monoisotopic (exact) mass is 561 g/mol. The summed E-state index contributed by atoms with van der Waals surface area (Å²) in [5, 5.41) is 8.46. The first-order valence-electron chi connectivity index (χ1n) is 13.9. The molecule has 41 heavy (non-hydrogen) atoms. The van der Waals surface area contributed by atoms with Gasteiger partial charge in [0.15, 0.2) is 17.2 Å². The van der Waals surface area contributed by atoms with Gasteiger partial charge in [-0.2, -0.15) is 18.3 Å².